The van der Waals surface area contributed by atoms with Gasteiger partial charge in [-0.05, 0) is 56.5 Å². The van der Waals surface area contributed by atoms with Gasteiger partial charge in [-0.1, -0.05) is 6.07 Å². The topological polar surface area (TPSA) is 84.2 Å². The largest absolute Gasteiger partial charge is 0.438 e. The maximum atomic E-state index is 12.9. The molecule has 1 fully saturated rings. The molecule has 3 aromatic heterocycles. The van der Waals surface area contributed by atoms with Crippen LogP contribution < -0.4 is 5.32 Å². The Morgan fingerprint density at radius 1 is 1.22 bits per heavy atom. The van der Waals surface area contributed by atoms with Crippen LogP contribution >= 0.6 is 0 Å². The number of carbonyl (C=O) groups excluding carboxylic acids is 1. The zero-order valence-corrected chi connectivity index (χ0v) is 15.3. The monoisotopic (exact) mass is 363 g/mol. The zero-order valence-electron chi connectivity index (χ0n) is 15.3. The minimum atomic E-state index is -0.112. The third-order valence-corrected chi connectivity index (χ3v) is 4.77. The number of nitrogens with zero attached hydrogens (tertiary/aromatic N) is 4. The Labute approximate surface area is 157 Å². The first kappa shape index (κ1) is 17.2. The molecule has 1 amide bonds. The first-order valence-electron chi connectivity index (χ1n) is 8.99. The van der Waals surface area contributed by atoms with Gasteiger partial charge in [0.2, 0.25) is 5.76 Å². The van der Waals surface area contributed by atoms with Crippen LogP contribution in [-0.4, -0.2) is 32.3 Å². The molecule has 1 atom stereocenters. The Bertz CT molecular complexity index is 968. The number of nitrogens with one attached hydrogen (secondary N) is 1. The van der Waals surface area contributed by atoms with Gasteiger partial charge in [0.25, 0.3) is 5.91 Å². The molecule has 138 valence electrons. The Hall–Kier alpha value is -3.22. The van der Waals surface area contributed by atoms with Crippen LogP contribution in [0.25, 0.3) is 0 Å². The molecule has 1 aliphatic rings. The third-order valence-electron chi connectivity index (χ3n) is 4.77. The molecular weight excluding hydrogens is 342 g/mol. The molecule has 1 N–H and O–H groups in total. The molecule has 27 heavy (non-hydrogen) atoms. The summed E-state index contributed by atoms with van der Waals surface area (Å²) in [6, 6.07) is 9.73. The van der Waals surface area contributed by atoms with Crippen molar-refractivity contribution in [3.05, 3.63) is 65.6 Å². The third kappa shape index (κ3) is 3.53. The van der Waals surface area contributed by atoms with E-state index in [1.165, 1.54) is 6.39 Å². The Morgan fingerprint density at radius 3 is 2.89 bits per heavy atom. The smallest absolute Gasteiger partial charge is 0.292 e. The molecule has 0 spiro atoms. The van der Waals surface area contributed by atoms with Crippen LogP contribution in [0.3, 0.4) is 0 Å². The van der Waals surface area contributed by atoms with Crippen LogP contribution in [0.1, 0.15) is 46.4 Å². The summed E-state index contributed by atoms with van der Waals surface area (Å²) in [5.41, 5.74) is 2.60. The summed E-state index contributed by atoms with van der Waals surface area (Å²) < 4.78 is 5.30. The summed E-state index contributed by atoms with van der Waals surface area (Å²) in [6.45, 7) is 4.43. The summed E-state index contributed by atoms with van der Waals surface area (Å²) in [5, 5.41) is 3.24. The highest BCUT2D eigenvalue weighted by molar-refractivity contribution is 5.92. The van der Waals surface area contributed by atoms with Crippen LogP contribution in [0.2, 0.25) is 0 Å². The van der Waals surface area contributed by atoms with E-state index >= 15 is 0 Å². The molecule has 7 nitrogen and oxygen atoms in total. The number of rotatable bonds is 4. The number of hydrogen-bond acceptors (Lipinski definition) is 6. The molecule has 0 unspecified atom stereocenters. The molecule has 7 heteroatoms. The van der Waals surface area contributed by atoms with E-state index in [-0.39, 0.29) is 11.9 Å². The fraction of sp³-hybridized carbons (Fsp3) is 0.300. The summed E-state index contributed by atoms with van der Waals surface area (Å²) in [7, 11) is 0. The van der Waals surface area contributed by atoms with Crippen molar-refractivity contribution in [3.63, 3.8) is 0 Å². The van der Waals surface area contributed by atoms with Crippen LogP contribution in [0.4, 0.5) is 11.6 Å². The summed E-state index contributed by atoms with van der Waals surface area (Å²) in [4.78, 5) is 27.6. The lowest BCUT2D eigenvalue weighted by Crippen LogP contribution is -2.30. The van der Waals surface area contributed by atoms with Gasteiger partial charge in [0, 0.05) is 18.4 Å². The van der Waals surface area contributed by atoms with Crippen molar-refractivity contribution in [2.45, 2.75) is 32.7 Å². The van der Waals surface area contributed by atoms with Gasteiger partial charge in [-0.25, -0.2) is 15.0 Å². The molecule has 4 heterocycles. The Balaban J connectivity index is 1.57. The van der Waals surface area contributed by atoms with Gasteiger partial charge in [-0.3, -0.25) is 4.79 Å². The molecular formula is C20H21N5O2. The van der Waals surface area contributed by atoms with E-state index in [4.69, 9.17) is 4.42 Å². The van der Waals surface area contributed by atoms with Crippen molar-refractivity contribution in [1.82, 2.24) is 19.9 Å². The van der Waals surface area contributed by atoms with Crippen molar-refractivity contribution in [3.8, 4) is 0 Å². The van der Waals surface area contributed by atoms with E-state index in [9.17, 15) is 4.79 Å². The zero-order chi connectivity index (χ0) is 18.8. The highest BCUT2D eigenvalue weighted by Gasteiger charge is 2.33. The predicted octanol–water partition coefficient (Wildman–Crippen LogP) is 3.80. The van der Waals surface area contributed by atoms with Crippen LogP contribution in [0, 0.1) is 13.8 Å². The minimum Gasteiger partial charge on any atom is -0.438 e. The highest BCUT2D eigenvalue weighted by Crippen LogP contribution is 2.34. The molecule has 1 saturated heterocycles. The van der Waals surface area contributed by atoms with Gasteiger partial charge in [0.1, 0.15) is 11.6 Å². The van der Waals surface area contributed by atoms with Crippen molar-refractivity contribution in [2.75, 3.05) is 11.9 Å². The van der Waals surface area contributed by atoms with Crippen molar-refractivity contribution in [2.24, 2.45) is 0 Å². The first-order chi connectivity index (χ1) is 13.1. The normalized spacial score (nSPS) is 16.5. The molecule has 0 radical (unpaired) electrons. The van der Waals surface area contributed by atoms with Crippen LogP contribution in [0.15, 0.2) is 47.3 Å². The Morgan fingerprint density at radius 2 is 2.11 bits per heavy atom. The van der Waals surface area contributed by atoms with Crippen molar-refractivity contribution >= 4 is 17.5 Å². The lowest BCUT2D eigenvalue weighted by Gasteiger charge is -2.24. The lowest BCUT2D eigenvalue weighted by molar-refractivity contribution is 0.0702. The number of pyridine rings is 2. The number of aryl methyl sites for hydroxylation is 2. The fourth-order valence-electron chi connectivity index (χ4n) is 3.46. The number of oxazole rings is 1. The Kier molecular flexibility index (Phi) is 4.58. The van der Waals surface area contributed by atoms with Gasteiger partial charge < -0.3 is 14.6 Å². The SMILES string of the molecule is Cc1cccc(Nc2cc([C@@H]3CCCN3C(=O)c3ocnc3C)ccn2)n1. The van der Waals surface area contributed by atoms with E-state index in [1.54, 1.807) is 13.1 Å². The maximum Gasteiger partial charge on any atom is 0.292 e. The van der Waals surface area contributed by atoms with Gasteiger partial charge in [-0.2, -0.15) is 0 Å². The lowest BCUT2D eigenvalue weighted by atomic mass is 10.1. The fourth-order valence-corrected chi connectivity index (χ4v) is 3.46. The molecule has 1 aliphatic heterocycles. The predicted molar refractivity (Wildman–Crippen MR) is 101 cm³/mol. The maximum absolute atomic E-state index is 12.9. The van der Waals surface area contributed by atoms with Gasteiger partial charge in [0.05, 0.1) is 11.7 Å². The standard InChI is InChI=1S/C20H21N5O2/c1-13-5-3-7-17(23-13)24-18-11-15(8-9-21-18)16-6-4-10-25(16)20(26)19-14(2)22-12-27-19/h3,5,7-9,11-12,16H,4,6,10H2,1-2H3,(H,21,23,24)/t16-/m0/s1. The van der Waals surface area contributed by atoms with Gasteiger partial charge in [-0.15, -0.1) is 0 Å². The summed E-state index contributed by atoms with van der Waals surface area (Å²) in [5.74, 6) is 1.66. The van der Waals surface area contributed by atoms with Gasteiger partial charge in [0.15, 0.2) is 6.39 Å². The molecule has 0 bridgehead atoms. The van der Waals surface area contributed by atoms with Crippen LogP contribution in [0.5, 0.6) is 0 Å². The van der Waals surface area contributed by atoms with E-state index in [1.807, 2.05) is 42.2 Å². The van der Waals surface area contributed by atoms with Gasteiger partial charge >= 0.3 is 0 Å². The second-order valence-corrected chi connectivity index (χ2v) is 6.69. The van der Waals surface area contributed by atoms with E-state index in [0.717, 1.165) is 29.9 Å². The molecule has 0 aromatic carbocycles. The quantitative estimate of drug-likeness (QED) is 0.759. The average molecular weight is 363 g/mol. The summed E-state index contributed by atoms with van der Waals surface area (Å²) >= 11 is 0. The molecule has 0 aliphatic carbocycles. The average Bonchev–Trinajstić information content (AvgIpc) is 3.30. The van der Waals surface area contributed by atoms with E-state index < -0.39 is 0 Å². The number of anilines is 2. The number of likely N-dealkylation sites (tertiary alicyclic amines) is 1. The van der Waals surface area contributed by atoms with Crippen molar-refractivity contribution < 1.29 is 9.21 Å². The molecule has 3 aromatic rings. The first-order valence-corrected chi connectivity index (χ1v) is 8.99. The van der Waals surface area contributed by atoms with Crippen LogP contribution in [-0.2, 0) is 0 Å². The number of aromatic nitrogens is 3. The summed E-state index contributed by atoms with van der Waals surface area (Å²) in [6.07, 6.45) is 4.93. The minimum absolute atomic E-state index is 0.00369. The number of hydrogen-bond donors (Lipinski definition) is 1. The second kappa shape index (κ2) is 7.19. The van der Waals surface area contributed by atoms with Crippen molar-refractivity contribution in [1.29, 1.82) is 0 Å². The van der Waals surface area contributed by atoms with E-state index in [0.29, 0.717) is 23.8 Å². The van der Waals surface area contributed by atoms with E-state index in [2.05, 4.69) is 20.3 Å². The molecule has 0 saturated carbocycles. The number of amides is 1. The highest BCUT2D eigenvalue weighted by atomic mass is 16.3. The number of carbonyl (C=O) groups is 1. The molecule has 4 rings (SSSR count). The second-order valence-electron chi connectivity index (χ2n) is 6.69.